The number of hydrogen-bond donors (Lipinski definition) is 1. The van der Waals surface area contributed by atoms with Gasteiger partial charge in [-0.05, 0) is 20.8 Å². The standard InChI is InChI=1S/C15H29NO7/c1-15(2,3)23-14(18)16-4-6-19-8-10-21-12-13-22-11-9-20-7-5-17/h5H,4,6-13H2,1-3H3,(H,16,18). The van der Waals surface area contributed by atoms with Crippen LogP contribution in [0.5, 0.6) is 0 Å². The molecule has 0 aliphatic carbocycles. The molecule has 0 spiro atoms. The normalized spacial score (nSPS) is 11.3. The van der Waals surface area contributed by atoms with E-state index in [1.165, 1.54) is 0 Å². The smallest absolute Gasteiger partial charge is 0.407 e. The van der Waals surface area contributed by atoms with E-state index in [1.54, 1.807) is 0 Å². The van der Waals surface area contributed by atoms with E-state index in [1.807, 2.05) is 20.8 Å². The molecular formula is C15H29NO7. The van der Waals surface area contributed by atoms with Crippen LogP contribution in [0.15, 0.2) is 0 Å². The van der Waals surface area contributed by atoms with Crippen LogP contribution in [-0.2, 0) is 28.5 Å². The lowest BCUT2D eigenvalue weighted by atomic mass is 10.2. The molecule has 0 aromatic rings. The van der Waals surface area contributed by atoms with Gasteiger partial charge in [0.15, 0.2) is 0 Å². The number of amides is 1. The van der Waals surface area contributed by atoms with Crippen molar-refractivity contribution in [1.82, 2.24) is 5.32 Å². The van der Waals surface area contributed by atoms with Crippen LogP contribution in [0.4, 0.5) is 4.79 Å². The number of alkyl carbamates (subject to hydrolysis) is 1. The van der Waals surface area contributed by atoms with Gasteiger partial charge in [0.25, 0.3) is 0 Å². The molecule has 0 rings (SSSR count). The molecule has 0 aliphatic heterocycles. The zero-order chi connectivity index (χ0) is 17.4. The Bertz CT molecular complexity index is 305. The molecule has 8 nitrogen and oxygen atoms in total. The van der Waals surface area contributed by atoms with E-state index in [2.05, 4.69) is 5.32 Å². The number of rotatable bonds is 14. The number of ether oxygens (including phenoxy) is 5. The fraction of sp³-hybridized carbons (Fsp3) is 0.867. The summed E-state index contributed by atoms with van der Waals surface area (Å²) in [6.45, 7) is 8.96. The lowest BCUT2D eigenvalue weighted by Crippen LogP contribution is -2.34. The summed E-state index contributed by atoms with van der Waals surface area (Å²) >= 11 is 0. The third-order valence-corrected chi connectivity index (χ3v) is 2.22. The number of aldehydes is 1. The van der Waals surface area contributed by atoms with Gasteiger partial charge in [0.1, 0.15) is 18.5 Å². The molecule has 0 bridgehead atoms. The average Bonchev–Trinajstić information content (AvgIpc) is 2.46. The van der Waals surface area contributed by atoms with Crippen LogP contribution in [0, 0.1) is 0 Å². The largest absolute Gasteiger partial charge is 0.444 e. The van der Waals surface area contributed by atoms with Gasteiger partial charge in [0, 0.05) is 6.54 Å². The summed E-state index contributed by atoms with van der Waals surface area (Å²) in [4.78, 5) is 21.3. The van der Waals surface area contributed by atoms with Gasteiger partial charge >= 0.3 is 6.09 Å². The predicted octanol–water partition coefficient (Wildman–Crippen LogP) is 0.776. The molecule has 0 aromatic heterocycles. The molecule has 0 aliphatic rings. The molecule has 1 amide bonds. The van der Waals surface area contributed by atoms with E-state index in [0.717, 1.165) is 0 Å². The number of hydrogen-bond acceptors (Lipinski definition) is 7. The van der Waals surface area contributed by atoms with E-state index in [4.69, 9.17) is 23.7 Å². The topological polar surface area (TPSA) is 92.3 Å². The zero-order valence-corrected chi connectivity index (χ0v) is 14.3. The SMILES string of the molecule is CC(C)(C)OC(=O)NCCOCCOCCOCCOCC=O. The summed E-state index contributed by atoms with van der Waals surface area (Å²) in [5.41, 5.74) is -0.499. The van der Waals surface area contributed by atoms with Crippen molar-refractivity contribution in [2.45, 2.75) is 26.4 Å². The van der Waals surface area contributed by atoms with Gasteiger partial charge in [0.2, 0.25) is 0 Å². The second-order valence-electron chi connectivity index (χ2n) is 5.51. The second kappa shape index (κ2) is 14.4. The first-order valence-corrected chi connectivity index (χ1v) is 7.67. The molecule has 23 heavy (non-hydrogen) atoms. The van der Waals surface area contributed by atoms with Gasteiger partial charge in [0.05, 0.1) is 46.2 Å². The highest BCUT2D eigenvalue weighted by Gasteiger charge is 2.15. The highest BCUT2D eigenvalue weighted by Crippen LogP contribution is 2.05. The Morgan fingerprint density at radius 1 is 0.870 bits per heavy atom. The van der Waals surface area contributed by atoms with Crippen LogP contribution in [0.2, 0.25) is 0 Å². The highest BCUT2D eigenvalue weighted by molar-refractivity contribution is 5.67. The lowest BCUT2D eigenvalue weighted by Gasteiger charge is -2.19. The van der Waals surface area contributed by atoms with Crippen molar-refractivity contribution < 1.29 is 33.3 Å². The highest BCUT2D eigenvalue weighted by atomic mass is 16.6. The van der Waals surface area contributed by atoms with Gasteiger partial charge in [-0.15, -0.1) is 0 Å². The van der Waals surface area contributed by atoms with Gasteiger partial charge < -0.3 is 33.8 Å². The lowest BCUT2D eigenvalue weighted by molar-refractivity contribution is -0.112. The Kier molecular flexibility index (Phi) is 13.6. The van der Waals surface area contributed by atoms with E-state index in [0.29, 0.717) is 59.1 Å². The van der Waals surface area contributed by atoms with Gasteiger partial charge in [-0.3, -0.25) is 0 Å². The fourth-order valence-electron chi connectivity index (χ4n) is 1.33. The fourth-order valence-corrected chi connectivity index (χ4v) is 1.33. The summed E-state index contributed by atoms with van der Waals surface area (Å²) in [6, 6.07) is 0. The van der Waals surface area contributed by atoms with Gasteiger partial charge in [-0.25, -0.2) is 4.79 Å². The summed E-state index contributed by atoms with van der Waals surface area (Å²) in [7, 11) is 0. The molecule has 0 saturated heterocycles. The van der Waals surface area contributed by atoms with Gasteiger partial charge in [-0.2, -0.15) is 0 Å². The summed E-state index contributed by atoms with van der Waals surface area (Å²) < 4.78 is 25.8. The van der Waals surface area contributed by atoms with Crippen LogP contribution in [0.3, 0.4) is 0 Å². The van der Waals surface area contributed by atoms with Crippen molar-refractivity contribution in [3.05, 3.63) is 0 Å². The molecule has 1 N–H and O–H groups in total. The maximum atomic E-state index is 11.3. The van der Waals surface area contributed by atoms with Crippen molar-refractivity contribution in [3.8, 4) is 0 Å². The Labute approximate surface area is 137 Å². The van der Waals surface area contributed by atoms with E-state index < -0.39 is 11.7 Å². The molecule has 0 aromatic carbocycles. The first-order valence-electron chi connectivity index (χ1n) is 7.67. The Morgan fingerprint density at radius 2 is 1.35 bits per heavy atom. The number of carbonyl (C=O) groups is 2. The molecule has 136 valence electrons. The summed E-state index contributed by atoms with van der Waals surface area (Å²) in [6.07, 6.45) is 0.248. The Balaban J connectivity index is 3.16. The predicted molar refractivity (Wildman–Crippen MR) is 83.6 cm³/mol. The minimum Gasteiger partial charge on any atom is -0.444 e. The third-order valence-electron chi connectivity index (χ3n) is 2.22. The number of nitrogens with one attached hydrogen (secondary N) is 1. The number of carbonyl (C=O) groups excluding carboxylic acids is 2. The third kappa shape index (κ3) is 18.7. The van der Waals surface area contributed by atoms with Crippen LogP contribution in [0.1, 0.15) is 20.8 Å². The maximum absolute atomic E-state index is 11.3. The maximum Gasteiger partial charge on any atom is 0.407 e. The molecule has 0 radical (unpaired) electrons. The van der Waals surface area contributed by atoms with Crippen LogP contribution in [0.25, 0.3) is 0 Å². The van der Waals surface area contributed by atoms with Crippen LogP contribution in [-0.4, -0.2) is 77.4 Å². The van der Waals surface area contributed by atoms with Crippen molar-refractivity contribution >= 4 is 12.4 Å². The summed E-state index contributed by atoms with van der Waals surface area (Å²) in [5, 5.41) is 2.60. The molecule has 0 fully saturated rings. The van der Waals surface area contributed by atoms with Crippen molar-refractivity contribution in [3.63, 3.8) is 0 Å². The monoisotopic (exact) mass is 335 g/mol. The molecule has 0 saturated carbocycles. The van der Waals surface area contributed by atoms with E-state index in [9.17, 15) is 9.59 Å². The first kappa shape index (κ1) is 21.8. The van der Waals surface area contributed by atoms with Crippen molar-refractivity contribution in [2.24, 2.45) is 0 Å². The molecule has 8 heteroatoms. The molecular weight excluding hydrogens is 306 g/mol. The quantitative estimate of drug-likeness (QED) is 0.370. The van der Waals surface area contributed by atoms with E-state index in [-0.39, 0.29) is 6.61 Å². The Hall–Kier alpha value is -1.22. The average molecular weight is 335 g/mol. The van der Waals surface area contributed by atoms with Crippen LogP contribution < -0.4 is 5.32 Å². The van der Waals surface area contributed by atoms with Crippen LogP contribution >= 0.6 is 0 Å². The molecule has 0 atom stereocenters. The summed E-state index contributed by atoms with van der Waals surface area (Å²) in [5.74, 6) is 0. The van der Waals surface area contributed by atoms with Crippen molar-refractivity contribution in [1.29, 1.82) is 0 Å². The first-order chi connectivity index (χ1) is 11.0. The van der Waals surface area contributed by atoms with Crippen molar-refractivity contribution in [2.75, 3.05) is 59.4 Å². The molecule has 0 unspecified atom stereocenters. The second-order valence-corrected chi connectivity index (χ2v) is 5.51. The van der Waals surface area contributed by atoms with Gasteiger partial charge in [-0.1, -0.05) is 0 Å². The Morgan fingerprint density at radius 3 is 1.83 bits per heavy atom. The molecule has 0 heterocycles. The minimum absolute atomic E-state index is 0.0972. The minimum atomic E-state index is -0.499. The van der Waals surface area contributed by atoms with E-state index >= 15 is 0 Å². The zero-order valence-electron chi connectivity index (χ0n) is 14.3.